The molecule has 0 aromatic heterocycles. The van der Waals surface area contributed by atoms with Gasteiger partial charge in [0.1, 0.15) is 0 Å². The Hall–Kier alpha value is 0.226. The number of rotatable bonds is 0. The van der Waals surface area contributed by atoms with E-state index < -0.39 is 15.0 Å². The summed E-state index contributed by atoms with van der Waals surface area (Å²) in [4.78, 5) is 0. The van der Waals surface area contributed by atoms with Crippen LogP contribution in [0, 0.1) is 7.05 Å². The molecule has 0 amide bonds. The van der Waals surface area contributed by atoms with Crippen molar-refractivity contribution in [3.05, 3.63) is 7.05 Å². The topological polar surface area (TPSA) is 63.3 Å². The Morgan fingerprint density at radius 3 is 1.80 bits per heavy atom. The second-order valence-corrected chi connectivity index (χ2v) is 0.251. The predicted molar refractivity (Wildman–Crippen MR) is 12.4 cm³/mol. The van der Waals surface area contributed by atoms with Crippen molar-refractivity contribution in [2.45, 2.75) is 0 Å². The fourth-order valence-electron chi connectivity index (χ4n) is 0. The third kappa shape index (κ3) is 408. The average molecular weight is 122 g/mol. The van der Waals surface area contributed by atoms with Gasteiger partial charge in [0.15, 0.2) is 0 Å². The fourth-order valence-corrected chi connectivity index (χ4v) is 0. The molecule has 0 saturated carbocycles. The monoisotopic (exact) mass is 122 g/mol. The van der Waals surface area contributed by atoms with E-state index in [1.165, 1.54) is 0 Å². The Morgan fingerprint density at radius 2 is 1.80 bits per heavy atom. The fraction of sp³-hybridized carbons (Fsp3) is 0. The van der Waals surface area contributed by atoms with Gasteiger partial charge in [-0.2, -0.15) is 0 Å². The third-order valence-electron chi connectivity index (χ3n) is 0. The molecule has 0 spiro atoms. The van der Waals surface area contributed by atoms with Crippen LogP contribution in [0.2, 0.25) is 0 Å². The molecule has 5 heavy (non-hydrogen) atoms. The molecule has 0 aromatic rings. The van der Waals surface area contributed by atoms with Crippen LogP contribution in [0.3, 0.4) is 0 Å². The van der Waals surface area contributed by atoms with Crippen LogP contribution >= 0.6 is 0 Å². The van der Waals surface area contributed by atoms with E-state index in [9.17, 15) is 0 Å². The van der Waals surface area contributed by atoms with E-state index in [1.54, 1.807) is 0 Å². The van der Waals surface area contributed by atoms with Crippen molar-refractivity contribution < 1.29 is 23.0 Å². The van der Waals surface area contributed by atoms with Gasteiger partial charge in [0, 0.05) is 0 Å². The van der Waals surface area contributed by atoms with Gasteiger partial charge in [-0.1, -0.05) is 0 Å². The average Bonchev–Trinajstić information content (AvgIpc) is 1.46. The molecule has 0 unspecified atom stereocenters. The minimum absolute atomic E-state index is 0.812. The van der Waals surface area contributed by atoms with Crippen LogP contribution in [0.5, 0.6) is 0 Å². The Labute approximate surface area is 36.7 Å². The van der Waals surface area contributed by atoms with Crippen molar-refractivity contribution >= 4 is 0 Å². The number of hydrogen-bond acceptors (Lipinski definition) is 2. The summed E-state index contributed by atoms with van der Waals surface area (Å²) in [6.07, 6.45) is 0. The van der Waals surface area contributed by atoms with Crippen molar-refractivity contribution in [1.29, 1.82) is 0 Å². The molecule has 0 radical (unpaired) electrons. The maximum absolute atomic E-state index is 8.45. The second kappa shape index (κ2) is 29.2. The Morgan fingerprint density at radius 1 is 1.80 bits per heavy atom. The molecule has 0 aliphatic rings. The number of hydrogen-bond donors (Lipinski definition) is 2. The number of nitrogens with two attached hydrogens (primary N) is 1. The van der Waals surface area contributed by atoms with E-state index in [0.717, 1.165) is 0 Å². The van der Waals surface area contributed by atoms with Gasteiger partial charge in [-0.3, -0.25) is 7.05 Å². The molecule has 4 heteroatoms. The Balaban J connectivity index is 0. The molecule has 3 nitrogen and oxygen atoms in total. The summed E-state index contributed by atoms with van der Waals surface area (Å²) in [5.41, 5.74) is 4.25. The first kappa shape index (κ1) is 8.97. The zero-order chi connectivity index (χ0) is 4.71. The van der Waals surface area contributed by atoms with Gasteiger partial charge >= 0.3 is 23.0 Å². The summed E-state index contributed by atoms with van der Waals surface area (Å²) < 4.78 is 15.4. The van der Waals surface area contributed by atoms with Crippen LogP contribution < -0.4 is 5.73 Å². The Bertz CT molecular complexity index is 17.1. The van der Waals surface area contributed by atoms with Crippen LogP contribution in [0.25, 0.3) is 0 Å². The molecule has 0 saturated heterocycles. The van der Waals surface area contributed by atoms with Gasteiger partial charge in [0.2, 0.25) is 0 Å². The van der Waals surface area contributed by atoms with Crippen LogP contribution in [0.4, 0.5) is 0 Å². The van der Waals surface area contributed by atoms with Gasteiger partial charge in [-0.05, 0) is 0 Å². The standard InChI is InChI=1S/CH4N.Co.H2O.O/c1-2;;;/h1-2H2;;1H2;/q-1;+1;;/p-1. The molecule has 0 aromatic carbocycles. The second-order valence-electron chi connectivity index (χ2n) is 0.0609. The maximum atomic E-state index is 8.45. The van der Waals surface area contributed by atoms with Crippen LogP contribution in [-0.4, -0.2) is 4.22 Å². The quantitative estimate of drug-likeness (QED) is 0.407. The van der Waals surface area contributed by atoms with Crippen LogP contribution in [0.15, 0.2) is 0 Å². The van der Waals surface area contributed by atoms with Crippen molar-refractivity contribution in [3.8, 4) is 0 Å². The summed E-state index contributed by atoms with van der Waals surface area (Å²) in [5, 5.41) is 0. The van der Waals surface area contributed by atoms with E-state index in [1.807, 2.05) is 0 Å². The van der Waals surface area contributed by atoms with Crippen molar-refractivity contribution in [2.75, 3.05) is 0 Å². The first-order valence-electron chi connectivity index (χ1n) is 0.693. The zero-order valence-electron chi connectivity index (χ0n) is 2.47. The molecular formula is CH5CoNO2-. The summed E-state index contributed by atoms with van der Waals surface area (Å²) in [6.45, 7) is 0. The molecule has 0 heterocycles. The Kier molecular flexibility index (Phi) is 52.5. The van der Waals surface area contributed by atoms with E-state index in [4.69, 9.17) is 8.08 Å². The van der Waals surface area contributed by atoms with Gasteiger partial charge in [0.25, 0.3) is 0 Å². The molecule has 0 aliphatic carbocycles. The van der Waals surface area contributed by atoms with Gasteiger partial charge < -0.3 is 5.73 Å². The van der Waals surface area contributed by atoms with E-state index >= 15 is 0 Å². The zero-order valence-corrected chi connectivity index (χ0v) is 3.51. The van der Waals surface area contributed by atoms with E-state index in [-0.39, 0.29) is 0 Å². The molecule has 0 atom stereocenters. The van der Waals surface area contributed by atoms with E-state index in [2.05, 4.69) is 12.8 Å². The van der Waals surface area contributed by atoms with Gasteiger partial charge in [-0.15, -0.1) is 0 Å². The molecule has 3 N–H and O–H groups in total. The van der Waals surface area contributed by atoms with Crippen molar-refractivity contribution in [3.63, 3.8) is 0 Å². The molecule has 0 rings (SSSR count). The van der Waals surface area contributed by atoms with Crippen molar-refractivity contribution in [2.24, 2.45) is 5.73 Å². The predicted octanol–water partition coefficient (Wildman–Crippen LogP) is -0.942. The summed E-state index contributed by atoms with van der Waals surface area (Å²) in [7, 11) is 2.75. The SMILES string of the molecule is [CH2-]N.[O]=[Co][OH]. The summed E-state index contributed by atoms with van der Waals surface area (Å²) in [5.74, 6) is 0. The van der Waals surface area contributed by atoms with Crippen LogP contribution in [0.1, 0.15) is 0 Å². The summed E-state index contributed by atoms with van der Waals surface area (Å²) in [6, 6.07) is 0. The molecule has 0 fully saturated rings. The molecule has 36 valence electrons. The first-order chi connectivity index (χ1) is 2.41. The molecule has 0 bridgehead atoms. The first-order valence-corrected chi connectivity index (χ1v) is 1.58. The van der Waals surface area contributed by atoms with Gasteiger partial charge in [-0.25, -0.2) is 0 Å². The van der Waals surface area contributed by atoms with Crippen molar-refractivity contribution in [1.82, 2.24) is 0 Å². The minimum atomic E-state index is -0.812. The van der Waals surface area contributed by atoms with Gasteiger partial charge in [0.05, 0.1) is 0 Å². The third-order valence-corrected chi connectivity index (χ3v) is 0. The summed E-state index contributed by atoms with van der Waals surface area (Å²) >= 11 is -0.812. The molecular weight excluding hydrogens is 117 g/mol. The van der Waals surface area contributed by atoms with Crippen LogP contribution in [-0.2, 0) is 18.8 Å². The molecule has 0 aliphatic heterocycles. The van der Waals surface area contributed by atoms with E-state index in [0.29, 0.717) is 0 Å². The normalized spacial score (nSPS) is 5.40.